The Morgan fingerprint density at radius 2 is 1.98 bits per heavy atom. The molecule has 1 N–H and O–H groups in total. The van der Waals surface area contributed by atoms with Crippen LogP contribution < -0.4 is 5.32 Å². The highest BCUT2D eigenvalue weighted by Gasteiger charge is 2.34. The summed E-state index contributed by atoms with van der Waals surface area (Å²) in [5.41, 5.74) is 0.0349. The molecule has 1 aromatic carbocycles. The lowest BCUT2D eigenvalue weighted by Gasteiger charge is -2.32. The molecule has 3 aliphatic heterocycles. The third-order valence-electron chi connectivity index (χ3n) is 8.70. The van der Waals surface area contributed by atoms with Crippen LogP contribution >= 0.6 is 11.3 Å². The van der Waals surface area contributed by atoms with E-state index < -0.39 is 17.8 Å². The molecule has 0 radical (unpaired) electrons. The molecule has 0 aliphatic carbocycles. The average Bonchev–Trinajstić information content (AvgIpc) is 3.65. The van der Waals surface area contributed by atoms with Crippen LogP contribution in [0, 0.1) is 5.92 Å². The van der Waals surface area contributed by atoms with Gasteiger partial charge in [-0.05, 0) is 57.2 Å². The fourth-order valence-corrected chi connectivity index (χ4v) is 6.97. The minimum atomic E-state index is -4.58. The van der Waals surface area contributed by atoms with Crippen LogP contribution in [0.25, 0.3) is 11.3 Å². The number of thiazole rings is 1. The number of carbonyl (C=O) groups is 2. The van der Waals surface area contributed by atoms with Crippen LogP contribution in [-0.4, -0.2) is 97.6 Å². The maximum absolute atomic E-state index is 14.2. The summed E-state index contributed by atoms with van der Waals surface area (Å²) in [6, 6.07) is 3.81. The van der Waals surface area contributed by atoms with E-state index in [2.05, 4.69) is 37.0 Å². The number of nitrogens with one attached hydrogen (secondary N) is 1. The molecular formula is C32H41F3N6O4S. The van der Waals surface area contributed by atoms with Crippen LogP contribution in [0.2, 0.25) is 0 Å². The highest BCUT2D eigenvalue weighted by molar-refractivity contribution is 7.16. The number of carbonyl (C=O) groups excluding carboxylic acids is 2. The highest BCUT2D eigenvalue weighted by Crippen LogP contribution is 2.39. The fraction of sp³-hybridized carbons (Fsp3) is 0.594. The molecule has 10 nitrogen and oxygen atoms in total. The SMILES string of the molecule is COCCCOCc1ccc(-c2nc(NC(=O)C3CN=C(N4CCC(C=O)CC4)C=N3)sc2CN2CCC[C@H]2C)cc1C(F)(F)F. The van der Waals surface area contributed by atoms with Crippen LogP contribution in [0.4, 0.5) is 18.3 Å². The molecule has 5 rings (SSSR count). The number of aromatic nitrogens is 1. The first-order valence-electron chi connectivity index (χ1n) is 15.8. The standard InChI is InChI=1S/C32H41F3N6O4S/c1-21-5-3-10-41(21)18-27-29(23-6-7-24(20-45-14-4-13-44-2)25(15-23)32(33,34)35)38-31(46-27)39-30(43)26-16-37-28(17-36-26)40-11-8-22(19-42)9-12-40/h6-7,15,17,19,21-22,26H,3-5,8-14,16,18,20H2,1-2H3,(H,38,39,43)/t21-,26?/m1/s1. The Labute approximate surface area is 271 Å². The number of amides is 1. The Hall–Kier alpha value is -3.20. The van der Waals surface area contributed by atoms with Gasteiger partial charge in [0.25, 0.3) is 5.91 Å². The fourth-order valence-electron chi connectivity index (χ4n) is 5.96. The molecule has 1 amide bonds. The predicted molar refractivity (Wildman–Crippen MR) is 171 cm³/mol. The largest absolute Gasteiger partial charge is 0.416 e. The molecule has 46 heavy (non-hydrogen) atoms. The number of halogens is 3. The van der Waals surface area contributed by atoms with Crippen molar-refractivity contribution >= 4 is 40.7 Å². The van der Waals surface area contributed by atoms with Crippen molar-refractivity contribution in [3.05, 3.63) is 34.2 Å². The number of rotatable bonds is 12. The zero-order valence-electron chi connectivity index (χ0n) is 26.2. The molecular weight excluding hydrogens is 621 g/mol. The number of piperidine rings is 1. The maximum Gasteiger partial charge on any atom is 0.416 e. The van der Waals surface area contributed by atoms with E-state index in [0.29, 0.717) is 60.9 Å². The van der Waals surface area contributed by atoms with E-state index in [1.54, 1.807) is 19.4 Å². The number of benzene rings is 1. The van der Waals surface area contributed by atoms with Crippen molar-refractivity contribution in [3.8, 4) is 11.3 Å². The van der Waals surface area contributed by atoms with Gasteiger partial charge in [-0.1, -0.05) is 23.5 Å². The van der Waals surface area contributed by atoms with E-state index in [9.17, 15) is 22.8 Å². The van der Waals surface area contributed by atoms with Crippen molar-refractivity contribution in [2.45, 2.75) is 70.4 Å². The Balaban J connectivity index is 1.33. The van der Waals surface area contributed by atoms with Crippen molar-refractivity contribution < 1.29 is 32.2 Å². The Bertz CT molecular complexity index is 1420. The first-order chi connectivity index (χ1) is 22.2. The van der Waals surface area contributed by atoms with Crippen molar-refractivity contribution in [2.75, 3.05) is 51.8 Å². The molecule has 2 fully saturated rings. The summed E-state index contributed by atoms with van der Waals surface area (Å²) >= 11 is 1.27. The van der Waals surface area contributed by atoms with E-state index in [0.717, 1.165) is 49.5 Å². The first kappa shape index (κ1) is 34.1. The number of hydrogen-bond donors (Lipinski definition) is 1. The van der Waals surface area contributed by atoms with Crippen LogP contribution in [-0.2, 0) is 38.4 Å². The van der Waals surface area contributed by atoms with Crippen LogP contribution in [0.1, 0.15) is 55.0 Å². The number of nitrogens with zero attached hydrogens (tertiary/aromatic N) is 5. The molecule has 4 heterocycles. The van der Waals surface area contributed by atoms with Crippen molar-refractivity contribution in [3.63, 3.8) is 0 Å². The number of hydrogen-bond acceptors (Lipinski definition) is 10. The maximum atomic E-state index is 14.2. The monoisotopic (exact) mass is 662 g/mol. The summed E-state index contributed by atoms with van der Waals surface area (Å²) in [5, 5.41) is 3.16. The minimum absolute atomic E-state index is 0.0512. The van der Waals surface area contributed by atoms with Gasteiger partial charge in [-0.3, -0.25) is 19.7 Å². The summed E-state index contributed by atoms with van der Waals surface area (Å²) in [4.78, 5) is 43.1. The van der Waals surface area contributed by atoms with Gasteiger partial charge in [0.1, 0.15) is 18.2 Å². The zero-order chi connectivity index (χ0) is 32.7. The number of likely N-dealkylation sites (tertiary alicyclic amines) is 2. The molecule has 250 valence electrons. The van der Waals surface area contributed by atoms with Crippen molar-refractivity contribution in [2.24, 2.45) is 15.9 Å². The molecule has 0 spiro atoms. The molecule has 2 aromatic rings. The van der Waals surface area contributed by atoms with Gasteiger partial charge in [0.05, 0.1) is 30.6 Å². The number of methoxy groups -OCH3 is 1. The quantitative estimate of drug-likeness (QED) is 0.250. The number of aliphatic imine (C=N–C) groups is 2. The number of anilines is 1. The van der Waals surface area contributed by atoms with Gasteiger partial charge in [-0.2, -0.15) is 13.2 Å². The Morgan fingerprint density at radius 3 is 2.63 bits per heavy atom. The molecule has 0 bridgehead atoms. The van der Waals surface area contributed by atoms with Gasteiger partial charge in [-0.15, -0.1) is 0 Å². The van der Waals surface area contributed by atoms with Crippen LogP contribution in [0.5, 0.6) is 0 Å². The molecule has 1 unspecified atom stereocenters. The summed E-state index contributed by atoms with van der Waals surface area (Å²) in [7, 11) is 1.56. The van der Waals surface area contributed by atoms with Crippen LogP contribution in [0.15, 0.2) is 28.2 Å². The molecule has 2 saturated heterocycles. The van der Waals surface area contributed by atoms with Gasteiger partial charge >= 0.3 is 6.18 Å². The molecule has 0 saturated carbocycles. The summed E-state index contributed by atoms with van der Waals surface area (Å²) < 4.78 is 53.1. The Kier molecular flexibility index (Phi) is 11.6. The lowest BCUT2D eigenvalue weighted by Crippen LogP contribution is -2.42. The van der Waals surface area contributed by atoms with Crippen LogP contribution in [0.3, 0.4) is 0 Å². The number of alkyl halides is 3. The summed E-state index contributed by atoms with van der Waals surface area (Å²) in [6.07, 6.45) is 2.23. The van der Waals surface area contributed by atoms with Gasteiger partial charge in [0.15, 0.2) is 5.13 Å². The molecule has 14 heteroatoms. The molecule has 2 atom stereocenters. The predicted octanol–water partition coefficient (Wildman–Crippen LogP) is 5.07. The van der Waals surface area contributed by atoms with Crippen molar-refractivity contribution in [1.82, 2.24) is 14.8 Å². The van der Waals surface area contributed by atoms with Gasteiger partial charge in [0, 0.05) is 62.4 Å². The lowest BCUT2D eigenvalue weighted by molar-refractivity contribution is -0.138. The smallest absolute Gasteiger partial charge is 0.385 e. The molecule has 3 aliphatic rings. The van der Waals surface area contributed by atoms with Gasteiger partial charge in [0.2, 0.25) is 0 Å². The topological polar surface area (TPSA) is 109 Å². The van der Waals surface area contributed by atoms with Gasteiger partial charge < -0.3 is 24.5 Å². The normalized spacial score (nSPS) is 21.1. The summed E-state index contributed by atoms with van der Waals surface area (Å²) in [5.74, 6) is 0.397. The van der Waals surface area contributed by atoms with E-state index >= 15 is 0 Å². The number of amidine groups is 1. The third kappa shape index (κ3) is 8.58. The zero-order valence-corrected chi connectivity index (χ0v) is 27.0. The number of aldehydes is 1. The minimum Gasteiger partial charge on any atom is -0.385 e. The van der Waals surface area contributed by atoms with Crippen molar-refractivity contribution in [1.29, 1.82) is 0 Å². The summed E-state index contributed by atoms with van der Waals surface area (Å²) in [6.45, 7) is 5.73. The third-order valence-corrected chi connectivity index (χ3v) is 9.66. The molecule has 1 aromatic heterocycles. The second-order valence-corrected chi connectivity index (χ2v) is 13.0. The van der Waals surface area contributed by atoms with Gasteiger partial charge in [-0.25, -0.2) is 4.98 Å². The average molecular weight is 663 g/mol. The Morgan fingerprint density at radius 1 is 1.17 bits per heavy atom. The van der Waals surface area contributed by atoms with E-state index in [-0.39, 0.29) is 37.1 Å². The first-order valence-corrected chi connectivity index (χ1v) is 16.6. The lowest BCUT2D eigenvalue weighted by atomic mass is 9.98. The number of ether oxygens (including phenoxy) is 2. The highest BCUT2D eigenvalue weighted by atomic mass is 32.1. The van der Waals surface area contributed by atoms with E-state index in [1.807, 2.05) is 0 Å². The van der Waals surface area contributed by atoms with E-state index in [1.165, 1.54) is 17.4 Å². The van der Waals surface area contributed by atoms with E-state index in [4.69, 9.17) is 9.47 Å². The second-order valence-electron chi connectivity index (χ2n) is 12.0. The second kappa shape index (κ2) is 15.6.